The lowest BCUT2D eigenvalue weighted by atomic mass is 9.83. The number of aromatic hydroxyl groups is 2. The fourth-order valence-corrected chi connectivity index (χ4v) is 5.85. The van der Waals surface area contributed by atoms with E-state index in [1.54, 1.807) is 6.08 Å². The Bertz CT molecular complexity index is 1420. The molecule has 0 spiro atoms. The van der Waals surface area contributed by atoms with Gasteiger partial charge in [-0.25, -0.2) is 4.79 Å². The van der Waals surface area contributed by atoms with Crippen LogP contribution in [0.1, 0.15) is 28.3 Å². The predicted molar refractivity (Wildman–Crippen MR) is 151 cm³/mol. The molecule has 2 aromatic carbocycles. The number of benzene rings is 2. The first kappa shape index (κ1) is 29.9. The topological polar surface area (TPSA) is 165 Å². The van der Waals surface area contributed by atoms with E-state index in [1.807, 2.05) is 6.92 Å². The fraction of sp³-hybridized carbons (Fsp3) is 0.400. The molecule has 0 saturated carbocycles. The summed E-state index contributed by atoms with van der Waals surface area (Å²) in [6.07, 6.45) is 0.783. The summed E-state index contributed by atoms with van der Waals surface area (Å²) in [6, 6.07) is -0.185. The van der Waals surface area contributed by atoms with Crippen LogP contribution in [0.2, 0.25) is 0 Å². The number of carbonyl (C=O) groups is 2. The maximum Gasteiger partial charge on any atom is 0.408 e. The Morgan fingerprint density at radius 3 is 2.51 bits per heavy atom. The maximum absolute atomic E-state index is 14.4. The number of phenols is 2. The van der Waals surface area contributed by atoms with Gasteiger partial charge in [-0.2, -0.15) is 0 Å². The van der Waals surface area contributed by atoms with Gasteiger partial charge in [0.1, 0.15) is 25.0 Å². The number of rotatable bonds is 10. The van der Waals surface area contributed by atoms with Crippen LogP contribution < -0.4 is 24.3 Å². The molecule has 0 aromatic heterocycles. The first-order valence-corrected chi connectivity index (χ1v) is 13.6. The van der Waals surface area contributed by atoms with Crippen LogP contribution in [0.25, 0.3) is 0 Å². The van der Waals surface area contributed by atoms with E-state index in [2.05, 4.69) is 18.5 Å². The molecule has 13 heteroatoms. The quantitative estimate of drug-likeness (QED) is 0.297. The molecule has 230 valence electrons. The highest BCUT2D eigenvalue weighted by Crippen LogP contribution is 2.54. The fourth-order valence-electron chi connectivity index (χ4n) is 5.85. The van der Waals surface area contributed by atoms with Gasteiger partial charge in [-0.1, -0.05) is 25.3 Å². The van der Waals surface area contributed by atoms with Crippen LogP contribution in [-0.2, 0) is 27.1 Å². The van der Waals surface area contributed by atoms with Gasteiger partial charge in [0.2, 0.25) is 18.4 Å². The summed E-state index contributed by atoms with van der Waals surface area (Å²) in [7, 11) is 1.29. The van der Waals surface area contributed by atoms with Crippen molar-refractivity contribution < 1.29 is 53.3 Å². The van der Waals surface area contributed by atoms with E-state index in [-0.39, 0.29) is 56.7 Å². The SMILES string of the molecule is C=CCOC(=O)N[C@@H](Cc1cc(O)c(OC)c(O)c1)C(=O)N1[C@H]2COC(O)[C@@H]1Cc1c(OCC=C)c(C)c3c(c12)OCO3. The predicted octanol–water partition coefficient (Wildman–Crippen LogP) is 2.37. The Labute approximate surface area is 247 Å². The largest absolute Gasteiger partial charge is 0.504 e. The molecule has 1 fully saturated rings. The molecule has 0 aliphatic carbocycles. The van der Waals surface area contributed by atoms with Crippen molar-refractivity contribution in [2.45, 2.75) is 44.2 Å². The van der Waals surface area contributed by atoms with E-state index in [0.29, 0.717) is 28.4 Å². The molecular formula is C30H34N2O11. The number of amides is 2. The molecule has 1 unspecified atom stereocenters. The van der Waals surface area contributed by atoms with Gasteiger partial charge in [0.15, 0.2) is 29.3 Å². The van der Waals surface area contributed by atoms with Crippen molar-refractivity contribution in [1.82, 2.24) is 10.2 Å². The summed E-state index contributed by atoms with van der Waals surface area (Å²) >= 11 is 0. The number of carbonyl (C=O) groups excluding carboxylic acids is 2. The van der Waals surface area contributed by atoms with Crippen LogP contribution in [0.3, 0.4) is 0 Å². The van der Waals surface area contributed by atoms with Gasteiger partial charge in [-0.05, 0) is 24.6 Å². The lowest BCUT2D eigenvalue weighted by Gasteiger charge is -2.50. The number of alkyl carbamates (subject to hydrolysis) is 1. The lowest BCUT2D eigenvalue weighted by Crippen LogP contribution is -2.62. The number of aliphatic hydroxyl groups excluding tert-OH is 1. The van der Waals surface area contributed by atoms with Gasteiger partial charge in [0.25, 0.3) is 0 Å². The number of ether oxygens (including phenoxy) is 6. The first-order valence-electron chi connectivity index (χ1n) is 13.6. The van der Waals surface area contributed by atoms with Crippen LogP contribution in [0, 0.1) is 6.92 Å². The Morgan fingerprint density at radius 2 is 1.84 bits per heavy atom. The number of morpholine rings is 1. The molecule has 5 rings (SSSR count). The molecule has 2 bridgehead atoms. The molecule has 3 heterocycles. The maximum atomic E-state index is 14.4. The Morgan fingerprint density at radius 1 is 1.14 bits per heavy atom. The minimum atomic E-state index is -1.34. The number of methoxy groups -OCH3 is 1. The Hall–Kier alpha value is -4.62. The molecule has 4 N–H and O–H groups in total. The summed E-state index contributed by atoms with van der Waals surface area (Å²) in [4.78, 5) is 28.5. The summed E-state index contributed by atoms with van der Waals surface area (Å²) in [6.45, 7) is 9.14. The number of aliphatic hydroxyl groups is 1. The van der Waals surface area contributed by atoms with Crippen molar-refractivity contribution in [3.63, 3.8) is 0 Å². The second-order valence-electron chi connectivity index (χ2n) is 10.2. The van der Waals surface area contributed by atoms with Crippen LogP contribution in [0.5, 0.6) is 34.5 Å². The summed E-state index contributed by atoms with van der Waals surface area (Å²) in [5, 5.41) is 34.2. The molecule has 3 aliphatic heterocycles. The van der Waals surface area contributed by atoms with E-state index < -0.39 is 36.4 Å². The molecule has 2 aromatic rings. The van der Waals surface area contributed by atoms with Gasteiger partial charge in [-0.3, -0.25) is 4.79 Å². The van der Waals surface area contributed by atoms with Gasteiger partial charge in [-0.15, -0.1) is 0 Å². The highest BCUT2D eigenvalue weighted by molar-refractivity contribution is 5.87. The van der Waals surface area contributed by atoms with Gasteiger partial charge in [0, 0.05) is 29.5 Å². The molecule has 4 atom stereocenters. The molecule has 13 nitrogen and oxygen atoms in total. The monoisotopic (exact) mass is 598 g/mol. The van der Waals surface area contributed by atoms with Gasteiger partial charge < -0.3 is 54.0 Å². The highest BCUT2D eigenvalue weighted by Gasteiger charge is 2.50. The van der Waals surface area contributed by atoms with Crippen molar-refractivity contribution in [2.24, 2.45) is 0 Å². The number of hydrogen-bond donors (Lipinski definition) is 4. The molecule has 43 heavy (non-hydrogen) atoms. The lowest BCUT2D eigenvalue weighted by molar-refractivity contribution is -0.208. The van der Waals surface area contributed by atoms with Crippen LogP contribution in [0.4, 0.5) is 4.79 Å². The van der Waals surface area contributed by atoms with Crippen molar-refractivity contribution >= 4 is 12.0 Å². The number of fused-ring (bicyclic) bond motifs is 6. The van der Waals surface area contributed by atoms with Crippen molar-refractivity contribution in [3.8, 4) is 34.5 Å². The highest BCUT2D eigenvalue weighted by atomic mass is 16.7. The number of hydrogen-bond acceptors (Lipinski definition) is 11. The van der Waals surface area contributed by atoms with Crippen molar-refractivity contribution in [1.29, 1.82) is 0 Å². The number of phenolic OH excluding ortho intramolecular Hbond substituents is 2. The molecule has 2 amide bonds. The van der Waals surface area contributed by atoms with Gasteiger partial charge in [0.05, 0.1) is 25.8 Å². The summed E-state index contributed by atoms with van der Waals surface area (Å²) < 4.78 is 33.5. The normalized spacial score (nSPS) is 20.4. The van der Waals surface area contributed by atoms with Crippen LogP contribution in [0.15, 0.2) is 37.4 Å². The summed E-state index contributed by atoms with van der Waals surface area (Å²) in [5.41, 5.74) is 2.43. The molecular weight excluding hydrogens is 564 g/mol. The van der Waals surface area contributed by atoms with E-state index in [4.69, 9.17) is 28.4 Å². The second-order valence-corrected chi connectivity index (χ2v) is 10.2. The number of nitrogens with one attached hydrogen (secondary N) is 1. The van der Waals surface area contributed by atoms with Crippen LogP contribution >= 0.6 is 0 Å². The Balaban J connectivity index is 1.56. The average molecular weight is 599 g/mol. The van der Waals surface area contributed by atoms with Gasteiger partial charge >= 0.3 is 6.09 Å². The van der Waals surface area contributed by atoms with E-state index >= 15 is 0 Å². The third kappa shape index (κ3) is 5.48. The average Bonchev–Trinajstić information content (AvgIpc) is 3.47. The van der Waals surface area contributed by atoms with E-state index in [9.17, 15) is 24.9 Å². The minimum Gasteiger partial charge on any atom is -0.504 e. The minimum absolute atomic E-state index is 0.0229. The number of nitrogens with zero attached hydrogens (tertiary/aromatic N) is 1. The van der Waals surface area contributed by atoms with Crippen molar-refractivity contribution in [3.05, 3.63) is 59.7 Å². The Kier molecular flexibility index (Phi) is 8.55. The zero-order valence-corrected chi connectivity index (χ0v) is 23.8. The first-order chi connectivity index (χ1) is 20.7. The standard InChI is InChI=1S/C30H34N2O11/c1-5-7-39-24-15(3)25-27(43-14-42-25)23-17(24)12-19-29(36)41-13-20(23)32(19)28(35)18(31-30(37)40-8-6-2)9-16-10-21(33)26(38-4)22(34)11-16/h5-6,10-11,18-20,29,33-34,36H,1-2,7-9,12-14H2,3-4H3,(H,31,37)/t18-,19-,20-,29?/m0/s1. The zero-order valence-electron chi connectivity index (χ0n) is 23.8. The van der Waals surface area contributed by atoms with Crippen LogP contribution in [-0.4, -0.2) is 84.3 Å². The third-order valence-electron chi connectivity index (χ3n) is 7.61. The third-order valence-corrected chi connectivity index (χ3v) is 7.61. The van der Waals surface area contributed by atoms with E-state index in [1.165, 1.54) is 30.2 Å². The molecule has 0 radical (unpaired) electrons. The summed E-state index contributed by atoms with van der Waals surface area (Å²) in [5.74, 6) is 0.119. The molecule has 1 saturated heterocycles. The molecule has 3 aliphatic rings. The van der Waals surface area contributed by atoms with E-state index in [0.717, 1.165) is 11.1 Å². The van der Waals surface area contributed by atoms with Crippen molar-refractivity contribution in [2.75, 3.05) is 33.7 Å². The second kappa shape index (κ2) is 12.3. The smallest absolute Gasteiger partial charge is 0.408 e. The zero-order chi connectivity index (χ0) is 30.8.